The van der Waals surface area contributed by atoms with Crippen molar-refractivity contribution < 1.29 is 0 Å². The molecule has 0 aliphatic heterocycles. The number of hydrogen-bond acceptors (Lipinski definition) is 4. The Labute approximate surface area is 182 Å². The van der Waals surface area contributed by atoms with Gasteiger partial charge in [0.1, 0.15) is 5.01 Å². The molecule has 1 aliphatic rings. The van der Waals surface area contributed by atoms with E-state index >= 15 is 0 Å². The Morgan fingerprint density at radius 3 is 2.41 bits per heavy atom. The fourth-order valence-corrected chi connectivity index (χ4v) is 5.60. The zero-order chi connectivity index (χ0) is 20.4. The van der Waals surface area contributed by atoms with Gasteiger partial charge in [0.2, 0.25) is 5.13 Å². The van der Waals surface area contributed by atoms with Crippen LogP contribution in [0.3, 0.4) is 0 Å². The molecule has 0 unspecified atom stereocenters. The lowest BCUT2D eigenvalue weighted by molar-refractivity contribution is 0.601. The third kappa shape index (κ3) is 4.34. The van der Waals surface area contributed by atoms with Crippen LogP contribution in [0.25, 0.3) is 10.6 Å². The van der Waals surface area contributed by atoms with Crippen LogP contribution in [0.4, 0.5) is 5.13 Å². The highest BCUT2D eigenvalue weighted by atomic mass is 35.5. The molecule has 1 saturated carbocycles. The van der Waals surface area contributed by atoms with Crippen molar-refractivity contribution in [1.82, 2.24) is 10.2 Å². The lowest BCUT2D eigenvalue weighted by Crippen LogP contribution is -2.32. The summed E-state index contributed by atoms with van der Waals surface area (Å²) in [5.41, 5.74) is 6.43. The molecule has 1 aromatic heterocycles. The Balaban J connectivity index is 1.66. The summed E-state index contributed by atoms with van der Waals surface area (Å²) >= 11 is 8.17. The monoisotopic (exact) mass is 425 g/mol. The summed E-state index contributed by atoms with van der Waals surface area (Å²) in [5, 5.41) is 12.0. The van der Waals surface area contributed by atoms with Crippen LogP contribution in [-0.4, -0.2) is 16.2 Å². The zero-order valence-electron chi connectivity index (χ0n) is 17.4. The van der Waals surface area contributed by atoms with Gasteiger partial charge in [0, 0.05) is 23.2 Å². The summed E-state index contributed by atoms with van der Waals surface area (Å²) in [6.45, 7) is 7.39. The normalized spacial score (nSPS) is 14.5. The first-order valence-corrected chi connectivity index (χ1v) is 11.7. The van der Waals surface area contributed by atoms with Crippen molar-refractivity contribution in [2.45, 2.75) is 65.5 Å². The second-order valence-electron chi connectivity index (χ2n) is 7.99. The Morgan fingerprint density at radius 2 is 1.76 bits per heavy atom. The van der Waals surface area contributed by atoms with Crippen molar-refractivity contribution in [3.63, 3.8) is 0 Å². The minimum atomic E-state index is 0.512. The Kier molecular flexibility index (Phi) is 6.21. The smallest absolute Gasteiger partial charge is 0.209 e. The number of hydrogen-bond donors (Lipinski definition) is 0. The maximum Gasteiger partial charge on any atom is 0.209 e. The van der Waals surface area contributed by atoms with Crippen LogP contribution in [0.15, 0.2) is 36.4 Å². The van der Waals surface area contributed by atoms with E-state index < -0.39 is 0 Å². The van der Waals surface area contributed by atoms with Crippen LogP contribution < -0.4 is 4.90 Å². The van der Waals surface area contributed by atoms with Crippen LogP contribution in [-0.2, 0) is 13.0 Å². The van der Waals surface area contributed by atoms with Crippen molar-refractivity contribution in [3.8, 4) is 10.6 Å². The number of aromatic nitrogens is 2. The van der Waals surface area contributed by atoms with Gasteiger partial charge in [-0.2, -0.15) is 0 Å². The molecule has 152 valence electrons. The molecular weight excluding hydrogens is 398 g/mol. The third-order valence-corrected chi connectivity index (χ3v) is 7.40. The van der Waals surface area contributed by atoms with Crippen LogP contribution in [0.2, 0.25) is 5.02 Å². The van der Waals surface area contributed by atoms with E-state index in [9.17, 15) is 0 Å². The molecule has 0 saturated heterocycles. The lowest BCUT2D eigenvalue weighted by atomic mass is 9.98. The predicted octanol–water partition coefficient (Wildman–Crippen LogP) is 6.99. The number of benzene rings is 2. The topological polar surface area (TPSA) is 29.0 Å². The first kappa shape index (κ1) is 20.4. The molecule has 1 aliphatic carbocycles. The fraction of sp³-hybridized carbons (Fsp3) is 0.417. The van der Waals surface area contributed by atoms with Gasteiger partial charge in [-0.15, -0.1) is 10.2 Å². The Morgan fingerprint density at radius 1 is 1.07 bits per heavy atom. The van der Waals surface area contributed by atoms with Gasteiger partial charge in [0.25, 0.3) is 0 Å². The molecule has 1 fully saturated rings. The van der Waals surface area contributed by atoms with Gasteiger partial charge in [-0.3, -0.25) is 0 Å². The maximum absolute atomic E-state index is 6.47. The molecule has 29 heavy (non-hydrogen) atoms. The van der Waals surface area contributed by atoms with Gasteiger partial charge in [0.15, 0.2) is 0 Å². The van der Waals surface area contributed by atoms with Gasteiger partial charge in [-0.25, -0.2) is 0 Å². The SMILES string of the molecule is CCc1c(C)cc(-c2nnc(N(Cc3ccccc3Cl)C3CCCC3)s2)cc1C. The minimum Gasteiger partial charge on any atom is -0.339 e. The average Bonchev–Trinajstić information content (AvgIpc) is 3.40. The minimum absolute atomic E-state index is 0.512. The third-order valence-electron chi connectivity index (χ3n) is 6.02. The van der Waals surface area contributed by atoms with Crippen molar-refractivity contribution >= 4 is 28.1 Å². The Bertz CT molecular complexity index is 968. The summed E-state index contributed by atoms with van der Waals surface area (Å²) in [6.07, 6.45) is 6.05. The highest BCUT2D eigenvalue weighted by Gasteiger charge is 2.26. The van der Waals surface area contributed by atoms with E-state index in [0.29, 0.717) is 6.04 Å². The van der Waals surface area contributed by atoms with E-state index in [1.807, 2.05) is 12.1 Å². The molecule has 4 rings (SSSR count). The van der Waals surface area contributed by atoms with E-state index in [-0.39, 0.29) is 0 Å². The summed E-state index contributed by atoms with van der Waals surface area (Å²) in [5.74, 6) is 0. The predicted molar refractivity (Wildman–Crippen MR) is 124 cm³/mol. The fourth-order valence-electron chi connectivity index (χ4n) is 4.50. The number of nitrogens with zero attached hydrogens (tertiary/aromatic N) is 3. The van der Waals surface area contributed by atoms with Gasteiger partial charge in [-0.1, -0.05) is 60.9 Å². The molecule has 0 radical (unpaired) electrons. The van der Waals surface area contributed by atoms with Crippen molar-refractivity contribution in [3.05, 3.63) is 63.7 Å². The van der Waals surface area contributed by atoms with Gasteiger partial charge in [-0.05, 0) is 73.6 Å². The van der Waals surface area contributed by atoms with Gasteiger partial charge < -0.3 is 4.90 Å². The number of anilines is 1. The van der Waals surface area contributed by atoms with Crippen molar-refractivity contribution in [1.29, 1.82) is 0 Å². The lowest BCUT2D eigenvalue weighted by Gasteiger charge is -2.28. The quantitative estimate of drug-likeness (QED) is 0.426. The standard InChI is InChI=1S/C24H28ClN3S/c1-4-21-16(2)13-19(14-17(21)3)23-26-27-24(29-23)28(20-10-6-7-11-20)15-18-9-5-8-12-22(18)25/h5,8-9,12-14,20H,4,6-7,10-11,15H2,1-3H3. The first-order valence-electron chi connectivity index (χ1n) is 10.5. The van der Waals surface area contributed by atoms with Gasteiger partial charge >= 0.3 is 0 Å². The number of rotatable bonds is 6. The molecule has 0 N–H and O–H groups in total. The van der Waals surface area contributed by atoms with Crippen molar-refractivity contribution in [2.75, 3.05) is 4.90 Å². The molecule has 3 aromatic rings. The average molecular weight is 426 g/mol. The molecule has 1 heterocycles. The highest BCUT2D eigenvalue weighted by molar-refractivity contribution is 7.18. The molecule has 2 aromatic carbocycles. The van der Waals surface area contributed by atoms with Gasteiger partial charge in [0.05, 0.1) is 0 Å². The summed E-state index contributed by atoms with van der Waals surface area (Å²) in [6, 6.07) is 13.1. The zero-order valence-corrected chi connectivity index (χ0v) is 19.0. The van der Waals surface area contributed by atoms with E-state index in [4.69, 9.17) is 11.6 Å². The van der Waals surface area contributed by atoms with E-state index in [1.165, 1.54) is 47.9 Å². The van der Waals surface area contributed by atoms with Crippen LogP contribution >= 0.6 is 22.9 Å². The molecule has 5 heteroatoms. The van der Waals surface area contributed by atoms with E-state index in [1.54, 1.807) is 11.3 Å². The summed E-state index contributed by atoms with van der Waals surface area (Å²) in [7, 11) is 0. The molecule has 0 amide bonds. The van der Waals surface area contributed by atoms with E-state index in [2.05, 4.69) is 60.1 Å². The van der Waals surface area contributed by atoms with Crippen LogP contribution in [0.1, 0.15) is 54.9 Å². The highest BCUT2D eigenvalue weighted by Crippen LogP contribution is 2.36. The molecular formula is C24H28ClN3S. The van der Waals surface area contributed by atoms with Crippen LogP contribution in [0, 0.1) is 13.8 Å². The number of aryl methyl sites for hydroxylation is 2. The first-order chi connectivity index (χ1) is 14.1. The maximum atomic E-state index is 6.47. The molecule has 3 nitrogen and oxygen atoms in total. The van der Waals surface area contributed by atoms with E-state index in [0.717, 1.165) is 33.7 Å². The van der Waals surface area contributed by atoms with Crippen molar-refractivity contribution in [2.24, 2.45) is 0 Å². The van der Waals surface area contributed by atoms with Crippen LogP contribution in [0.5, 0.6) is 0 Å². The summed E-state index contributed by atoms with van der Waals surface area (Å²) < 4.78 is 0. The second kappa shape index (κ2) is 8.85. The summed E-state index contributed by atoms with van der Waals surface area (Å²) in [4.78, 5) is 2.43. The second-order valence-corrected chi connectivity index (χ2v) is 9.35. The number of halogens is 1. The molecule has 0 bridgehead atoms. The molecule has 0 atom stereocenters. The molecule has 0 spiro atoms. The largest absolute Gasteiger partial charge is 0.339 e. The Hall–Kier alpha value is -1.91.